The quantitative estimate of drug-likeness (QED) is 0.0657. The van der Waals surface area contributed by atoms with Gasteiger partial charge in [-0.15, -0.1) is 70.6 Å². The lowest BCUT2D eigenvalue weighted by molar-refractivity contribution is 0.131. The van der Waals surface area contributed by atoms with Crippen molar-refractivity contribution in [2.75, 3.05) is 64.4 Å². The largest absolute Gasteiger partial charge is 0.379 e. The molecular weight excluding hydrogens is 1010 g/mol. The van der Waals surface area contributed by atoms with Crippen molar-refractivity contribution in [1.29, 1.82) is 0 Å². The van der Waals surface area contributed by atoms with E-state index in [0.29, 0.717) is 62.0 Å². The van der Waals surface area contributed by atoms with Gasteiger partial charge in [0.15, 0.2) is 0 Å². The van der Waals surface area contributed by atoms with Crippen LogP contribution < -0.4 is 0 Å². The van der Waals surface area contributed by atoms with Crippen LogP contribution in [-0.4, -0.2) is 111 Å². The predicted octanol–water partition coefficient (Wildman–Crippen LogP) is 14.8. The molecule has 8 saturated heterocycles. The summed E-state index contributed by atoms with van der Waals surface area (Å²) in [5.74, 6) is 2.58. The number of ether oxygens (including phenoxy) is 4. The van der Waals surface area contributed by atoms with Crippen LogP contribution in [0.3, 0.4) is 0 Å². The molecule has 0 saturated carbocycles. The molecular formula is C57H66O4S8. The first-order valence-electron chi connectivity index (χ1n) is 24.5. The summed E-state index contributed by atoms with van der Waals surface area (Å²) in [7, 11) is 0. The highest BCUT2D eigenvalue weighted by Gasteiger charge is 2.48. The molecule has 8 heterocycles. The van der Waals surface area contributed by atoms with Crippen LogP contribution in [0, 0.1) is 0 Å². The number of hydrogen-bond donors (Lipinski definition) is 0. The van der Waals surface area contributed by atoms with Gasteiger partial charge in [-0.05, 0) is 48.6 Å². The van der Waals surface area contributed by atoms with Crippen LogP contribution in [0.4, 0.5) is 0 Å². The molecule has 366 valence electrons. The molecule has 12 heteroatoms. The van der Waals surface area contributed by atoms with E-state index >= 15 is 0 Å². The van der Waals surface area contributed by atoms with Crippen molar-refractivity contribution >= 4 is 94.1 Å². The molecule has 69 heavy (non-hydrogen) atoms. The topological polar surface area (TPSA) is 36.9 Å². The van der Waals surface area contributed by atoms with Gasteiger partial charge in [-0.2, -0.15) is 23.5 Å². The van der Waals surface area contributed by atoms with Crippen LogP contribution in [0.2, 0.25) is 0 Å². The summed E-state index contributed by atoms with van der Waals surface area (Å²) in [5, 5.41) is 8.29. The van der Waals surface area contributed by atoms with Crippen molar-refractivity contribution in [2.24, 2.45) is 0 Å². The first kappa shape index (κ1) is 51.2. The second kappa shape index (κ2) is 24.4. The second-order valence-corrected chi connectivity index (χ2v) is 31.2. The lowest BCUT2D eigenvalue weighted by Crippen LogP contribution is -2.15. The summed E-state index contributed by atoms with van der Waals surface area (Å²) >= 11 is 16.2. The molecule has 0 aliphatic carbocycles. The van der Waals surface area contributed by atoms with E-state index in [0.717, 1.165) is 63.4 Å². The molecule has 0 aromatic heterocycles. The minimum Gasteiger partial charge on any atom is -0.379 e. The molecule has 8 fully saturated rings. The monoisotopic (exact) mass is 1070 g/mol. The number of rotatable bonds is 21. The molecule has 5 aromatic rings. The fourth-order valence-electron chi connectivity index (χ4n) is 8.26. The third kappa shape index (κ3) is 16.4. The van der Waals surface area contributed by atoms with E-state index in [1.165, 1.54) is 39.3 Å². The number of benzene rings is 5. The SMILES string of the molecule is CC1(C)SC1COCC1SC1c1ccccc1.CC1(COCC2SC2c2ccccc2)CS1.c1ccc(C2SC2COCC2CS2)cc1.c1ccc(C2SC2COCC2SC2c2ccccc2)cc1. The van der Waals surface area contributed by atoms with Gasteiger partial charge in [-0.3, -0.25) is 0 Å². The maximum atomic E-state index is 5.94. The summed E-state index contributed by atoms with van der Waals surface area (Å²) in [6, 6.07) is 53.8. The average Bonchev–Trinajstić information content (AvgIpc) is 4.17. The van der Waals surface area contributed by atoms with Gasteiger partial charge in [-0.1, -0.05) is 152 Å². The molecule has 4 nitrogen and oxygen atoms in total. The molecule has 8 aliphatic rings. The summed E-state index contributed by atoms with van der Waals surface area (Å²) in [4.78, 5) is 0. The van der Waals surface area contributed by atoms with Gasteiger partial charge < -0.3 is 18.9 Å². The highest BCUT2D eigenvalue weighted by atomic mass is 32.2. The number of thioether (sulfide) groups is 8. The van der Waals surface area contributed by atoms with E-state index in [4.69, 9.17) is 18.9 Å². The van der Waals surface area contributed by atoms with E-state index in [2.05, 4.69) is 172 Å². The van der Waals surface area contributed by atoms with E-state index in [-0.39, 0.29) is 0 Å². The summed E-state index contributed by atoms with van der Waals surface area (Å²) in [5.41, 5.74) is 7.25. The molecule has 0 spiro atoms. The normalized spacial score (nSPS) is 32.9. The van der Waals surface area contributed by atoms with Crippen molar-refractivity contribution in [3.05, 3.63) is 179 Å². The standard InChI is InChI=1S/C18H18OS2.C14H18OS2.C13H16OS2.C12H14OS2/c1-3-7-13(8-4-1)17-15(20-17)11-19-12-16-18(21-16)14-9-5-2-6-10-14;1-14(2)12(17-14)9-15-8-11-13(16-11)10-6-4-3-5-7-10;1-13(9-15-13)8-14-7-11-12(16-11)10-5-3-2-4-6-10;1-2-4-9(5-3-1)12-11(15-12)7-13-6-10-8-14-10/h1-10,15-18H,11-12H2;3-7,11-13H,8-9H2,1-2H3;2-6,11-12H,7-9H2,1H3;1-5,10-12H,6-8H2. The molecule has 8 aliphatic heterocycles. The van der Waals surface area contributed by atoms with Gasteiger partial charge in [0, 0.05) is 84.0 Å². The Balaban J connectivity index is 0.000000108. The van der Waals surface area contributed by atoms with Crippen molar-refractivity contribution in [1.82, 2.24) is 0 Å². The molecule has 13 atom stereocenters. The minimum atomic E-state index is 0.446. The number of hydrogen-bond acceptors (Lipinski definition) is 12. The van der Waals surface area contributed by atoms with Gasteiger partial charge in [0.05, 0.1) is 52.9 Å². The molecule has 0 N–H and O–H groups in total. The lowest BCUT2D eigenvalue weighted by atomic mass is 10.1. The molecule has 0 radical (unpaired) electrons. The molecule has 13 unspecified atom stereocenters. The van der Waals surface area contributed by atoms with Crippen molar-refractivity contribution in [3.63, 3.8) is 0 Å². The van der Waals surface area contributed by atoms with Crippen molar-refractivity contribution in [3.8, 4) is 0 Å². The maximum absolute atomic E-state index is 5.94. The zero-order valence-corrected chi connectivity index (χ0v) is 46.4. The Morgan fingerprint density at radius 3 is 0.957 bits per heavy atom. The van der Waals surface area contributed by atoms with Crippen LogP contribution in [0.1, 0.15) is 74.8 Å². The Morgan fingerprint density at radius 1 is 0.406 bits per heavy atom. The Morgan fingerprint density at radius 2 is 0.681 bits per heavy atom. The zero-order chi connectivity index (χ0) is 47.0. The van der Waals surface area contributed by atoms with Crippen LogP contribution in [0.5, 0.6) is 0 Å². The van der Waals surface area contributed by atoms with Crippen LogP contribution in [0.15, 0.2) is 152 Å². The predicted molar refractivity (Wildman–Crippen MR) is 309 cm³/mol. The Bertz CT molecular complexity index is 2260. The van der Waals surface area contributed by atoms with Crippen LogP contribution in [0.25, 0.3) is 0 Å². The van der Waals surface area contributed by atoms with Gasteiger partial charge >= 0.3 is 0 Å². The average molecular weight is 1070 g/mol. The van der Waals surface area contributed by atoms with Gasteiger partial charge in [-0.25, -0.2) is 0 Å². The zero-order valence-electron chi connectivity index (χ0n) is 39.8. The van der Waals surface area contributed by atoms with E-state index in [9.17, 15) is 0 Å². The third-order valence-corrected chi connectivity index (χ3v) is 23.8. The maximum Gasteiger partial charge on any atom is 0.0619 e. The minimum absolute atomic E-state index is 0.446. The highest BCUT2D eigenvalue weighted by Crippen LogP contribution is 2.59. The Kier molecular flexibility index (Phi) is 18.1. The molecule has 0 bridgehead atoms. The smallest absolute Gasteiger partial charge is 0.0619 e. The Hall–Kier alpha value is -1.26. The van der Waals surface area contributed by atoms with Gasteiger partial charge in [0.25, 0.3) is 0 Å². The first-order valence-corrected chi connectivity index (χ1v) is 32.2. The van der Waals surface area contributed by atoms with Crippen LogP contribution in [-0.2, 0) is 18.9 Å². The third-order valence-electron chi connectivity index (χ3n) is 13.1. The van der Waals surface area contributed by atoms with Crippen molar-refractivity contribution in [2.45, 2.75) is 93.3 Å². The lowest BCUT2D eigenvalue weighted by Gasteiger charge is -2.06. The summed E-state index contributed by atoms with van der Waals surface area (Å²) in [6.45, 7) is 14.2. The fraction of sp³-hybridized carbons (Fsp3) is 0.474. The van der Waals surface area contributed by atoms with E-state index < -0.39 is 0 Å². The van der Waals surface area contributed by atoms with E-state index in [1.807, 2.05) is 94.1 Å². The Labute approximate surface area is 446 Å². The molecule has 0 amide bonds. The van der Waals surface area contributed by atoms with E-state index in [1.54, 1.807) is 0 Å². The molecule has 5 aromatic carbocycles. The van der Waals surface area contributed by atoms with Gasteiger partial charge in [0.1, 0.15) is 0 Å². The van der Waals surface area contributed by atoms with Gasteiger partial charge in [0.2, 0.25) is 0 Å². The fourth-order valence-corrected chi connectivity index (χ4v) is 15.1. The second-order valence-electron chi connectivity index (χ2n) is 19.6. The first-order chi connectivity index (χ1) is 33.8. The molecule has 13 rings (SSSR count). The summed E-state index contributed by atoms with van der Waals surface area (Å²) < 4.78 is 24.2. The van der Waals surface area contributed by atoms with Crippen molar-refractivity contribution < 1.29 is 18.9 Å². The highest BCUT2D eigenvalue weighted by molar-refractivity contribution is 8.09. The summed E-state index contributed by atoms with van der Waals surface area (Å²) in [6.07, 6.45) is 0. The van der Waals surface area contributed by atoms with Crippen LogP contribution >= 0.6 is 94.1 Å².